The van der Waals surface area contributed by atoms with Crippen LogP contribution in [0.3, 0.4) is 0 Å². The van der Waals surface area contributed by atoms with Crippen LogP contribution in [0, 0.1) is 0 Å². The van der Waals surface area contributed by atoms with E-state index >= 15 is 0 Å². The van der Waals surface area contributed by atoms with Crippen LogP contribution in [0.25, 0.3) is 0 Å². The van der Waals surface area contributed by atoms with Crippen LogP contribution in [-0.2, 0) is 6.42 Å². The van der Waals surface area contributed by atoms with E-state index in [4.69, 9.17) is 0 Å². The molecule has 0 fully saturated rings. The van der Waals surface area contributed by atoms with Gasteiger partial charge < -0.3 is 0 Å². The van der Waals surface area contributed by atoms with E-state index in [2.05, 4.69) is 6.92 Å². The minimum absolute atomic E-state index is 0. The molecule has 1 aromatic rings. The van der Waals surface area contributed by atoms with Crippen LogP contribution in [-0.4, -0.2) is 23.6 Å². The van der Waals surface area contributed by atoms with Crippen molar-refractivity contribution >= 4 is 18.9 Å². The van der Waals surface area contributed by atoms with Crippen molar-refractivity contribution < 1.29 is 4.48 Å². The Hall–Kier alpha value is -0.193. The summed E-state index contributed by atoms with van der Waals surface area (Å²) in [7, 11) is 0. The summed E-state index contributed by atoms with van der Waals surface area (Å²) >= 11 is 0. The maximum absolute atomic E-state index is 12.7. The summed E-state index contributed by atoms with van der Waals surface area (Å²) in [5.41, 5.74) is 0.790. The molecule has 1 heterocycles. The summed E-state index contributed by atoms with van der Waals surface area (Å²) in [6.45, 7) is 2.15. The van der Waals surface area contributed by atoms with Crippen LogP contribution < -0.4 is 0 Å². The van der Waals surface area contributed by atoms with Crippen molar-refractivity contribution in [2.45, 2.75) is 32.6 Å². The fourth-order valence-corrected chi connectivity index (χ4v) is 1.14. The predicted molar refractivity (Wildman–Crippen MR) is 51.3 cm³/mol. The number of aryl methyl sites for hydroxylation is 1. The van der Waals surface area contributed by atoms with Crippen molar-refractivity contribution in [1.82, 2.24) is 4.79 Å². The molecule has 0 spiro atoms. The van der Waals surface area contributed by atoms with Crippen LogP contribution in [0.1, 0.15) is 31.9 Å². The van der Waals surface area contributed by atoms with E-state index in [0.717, 1.165) is 18.5 Å². The van der Waals surface area contributed by atoms with Gasteiger partial charge in [-0.1, -0.05) is 24.2 Å². The van der Waals surface area contributed by atoms with Crippen LogP contribution in [0.2, 0.25) is 0 Å². The van der Waals surface area contributed by atoms with Gasteiger partial charge in [-0.2, -0.15) is 4.79 Å². The molecule has 1 aromatic heterocycles. The van der Waals surface area contributed by atoms with Gasteiger partial charge in [0.15, 0.2) is 0 Å². The third-order valence-corrected chi connectivity index (χ3v) is 1.82. The van der Waals surface area contributed by atoms with Gasteiger partial charge in [-0.05, 0) is 25.0 Å². The second kappa shape index (κ2) is 6.34. The van der Waals surface area contributed by atoms with E-state index in [-0.39, 0.29) is 18.9 Å². The maximum atomic E-state index is 12.7. The number of aromatic nitrogens is 1. The van der Waals surface area contributed by atoms with Crippen LogP contribution >= 0.6 is 0 Å². The van der Waals surface area contributed by atoms with Gasteiger partial charge in [0, 0.05) is 6.20 Å². The molecule has 0 amide bonds. The second-order valence-corrected chi connectivity index (χ2v) is 2.77. The average Bonchev–Trinajstić information content (AvgIpc) is 2.37. The molecule has 0 aromatic carbocycles. The summed E-state index contributed by atoms with van der Waals surface area (Å²) in [4.78, 5) is 0.704. The van der Waals surface area contributed by atoms with Gasteiger partial charge >= 0.3 is 18.9 Å². The monoisotopic (exact) mass is 163 g/mol. The van der Waals surface area contributed by atoms with Gasteiger partial charge in [0.25, 0.3) is 0 Å². The summed E-state index contributed by atoms with van der Waals surface area (Å²) in [5, 5.41) is 0. The number of hydrogen-bond donors (Lipinski definition) is 0. The molecule has 3 heteroatoms. The van der Waals surface area contributed by atoms with Crippen molar-refractivity contribution in [3.8, 4) is 0 Å². The first-order valence-electron chi connectivity index (χ1n) is 4.17. The van der Waals surface area contributed by atoms with E-state index < -0.39 is 0 Å². The first-order valence-corrected chi connectivity index (χ1v) is 4.17. The predicted octanol–water partition coefficient (Wildman–Crippen LogP) is 2.30. The minimum atomic E-state index is 0. The Bertz CT molecular complexity index is 210. The van der Waals surface area contributed by atoms with Crippen molar-refractivity contribution in [3.05, 3.63) is 24.0 Å². The number of nitrogens with zero attached hydrogens (tertiary/aromatic N) is 1. The first-order chi connectivity index (χ1) is 5.34. The van der Waals surface area contributed by atoms with E-state index in [1.807, 2.05) is 6.07 Å². The van der Waals surface area contributed by atoms with Gasteiger partial charge in [-0.15, -0.1) is 0 Å². The van der Waals surface area contributed by atoms with E-state index in [1.165, 1.54) is 19.0 Å². The average molecular weight is 163 g/mol. The van der Waals surface area contributed by atoms with Crippen LogP contribution in [0.4, 0.5) is 4.48 Å². The Morgan fingerprint density at radius 1 is 1.42 bits per heavy atom. The quantitative estimate of drug-likeness (QED) is 0.474. The molecule has 0 aliphatic heterocycles. The zero-order valence-corrected chi connectivity index (χ0v) is 6.89. The Kier molecular flexibility index (Phi) is 6.24. The van der Waals surface area contributed by atoms with Gasteiger partial charge in [0.1, 0.15) is 0 Å². The molecule has 12 heavy (non-hydrogen) atoms. The first kappa shape index (κ1) is 11.8. The molecule has 0 aliphatic carbocycles. The Morgan fingerprint density at radius 2 is 2.17 bits per heavy atom. The van der Waals surface area contributed by atoms with Crippen LogP contribution in [0.15, 0.2) is 18.3 Å². The summed E-state index contributed by atoms with van der Waals surface area (Å²) in [6, 6.07) is 3.57. The number of rotatable bonds is 4. The third-order valence-electron chi connectivity index (χ3n) is 1.82. The molecular formula is C9H15FLiN. The molecule has 0 bridgehead atoms. The van der Waals surface area contributed by atoms with Gasteiger partial charge in [0.05, 0.1) is 5.69 Å². The van der Waals surface area contributed by atoms with E-state index in [1.54, 1.807) is 6.07 Å². The summed E-state index contributed by atoms with van der Waals surface area (Å²) < 4.78 is 12.7. The molecule has 0 radical (unpaired) electrons. The molecule has 64 valence electrons. The number of hydrogen-bond acceptors (Lipinski definition) is 0. The Labute approximate surface area is 85.1 Å². The number of halogens is 1. The Balaban J connectivity index is 0.00000121. The summed E-state index contributed by atoms with van der Waals surface area (Å²) in [6.07, 6.45) is 5.77. The van der Waals surface area contributed by atoms with Gasteiger partial charge in [-0.3, -0.25) is 0 Å². The van der Waals surface area contributed by atoms with E-state index in [0.29, 0.717) is 4.79 Å². The van der Waals surface area contributed by atoms with Gasteiger partial charge in [-0.25, -0.2) is 0 Å². The number of unbranched alkanes of at least 4 members (excludes halogenated alkanes) is 2. The zero-order valence-electron chi connectivity index (χ0n) is 6.89. The Morgan fingerprint density at radius 3 is 2.67 bits per heavy atom. The normalized spacial score (nSPS) is 9.50. The molecule has 0 saturated carbocycles. The molecule has 0 N–H and O–H groups in total. The van der Waals surface area contributed by atoms with Crippen molar-refractivity contribution in [3.63, 3.8) is 0 Å². The third kappa shape index (κ3) is 3.47. The van der Waals surface area contributed by atoms with E-state index in [9.17, 15) is 4.48 Å². The second-order valence-electron chi connectivity index (χ2n) is 2.77. The summed E-state index contributed by atoms with van der Waals surface area (Å²) in [5.74, 6) is 0. The molecule has 1 rings (SSSR count). The van der Waals surface area contributed by atoms with Crippen LogP contribution in [0.5, 0.6) is 0 Å². The zero-order chi connectivity index (χ0) is 8.10. The molecule has 0 saturated heterocycles. The molecular weight excluding hydrogens is 148 g/mol. The van der Waals surface area contributed by atoms with Crippen molar-refractivity contribution in [1.29, 1.82) is 0 Å². The fourth-order valence-electron chi connectivity index (χ4n) is 1.14. The SMILES string of the molecule is CCCCCc1cccn1F.[LiH]. The fraction of sp³-hybridized carbons (Fsp3) is 0.556. The van der Waals surface area contributed by atoms with Crippen molar-refractivity contribution in [2.24, 2.45) is 0 Å². The topological polar surface area (TPSA) is 4.93 Å². The molecule has 0 atom stereocenters. The molecule has 0 aliphatic rings. The molecule has 1 nitrogen and oxygen atoms in total. The standard InChI is InChI=1S/C9H14FN.Li.H/c1-2-3-4-6-9-7-5-8-11(9)10;;/h5,7-8H,2-4,6H2,1H3;;. The van der Waals surface area contributed by atoms with Gasteiger partial charge in [0.2, 0.25) is 0 Å². The molecule has 0 unspecified atom stereocenters. The van der Waals surface area contributed by atoms with Crippen molar-refractivity contribution in [2.75, 3.05) is 0 Å².